The summed E-state index contributed by atoms with van der Waals surface area (Å²) in [5.74, 6) is 0.232. The Hall–Kier alpha value is -2.34. The minimum absolute atomic E-state index is 0.0180. The van der Waals surface area contributed by atoms with E-state index < -0.39 is 0 Å². The summed E-state index contributed by atoms with van der Waals surface area (Å²) in [7, 11) is 0. The highest BCUT2D eigenvalue weighted by atomic mass is 16.5. The first kappa shape index (κ1) is 13.1. The SMILES string of the molecule is C=CCNCC(=O)Nc1ccc2c(c1)NC(=O)CO2. The van der Waals surface area contributed by atoms with Gasteiger partial charge in [0.2, 0.25) is 5.91 Å². The van der Waals surface area contributed by atoms with Crippen LogP contribution in [0.4, 0.5) is 11.4 Å². The molecule has 1 aromatic carbocycles. The Labute approximate surface area is 110 Å². The van der Waals surface area contributed by atoms with Crippen molar-refractivity contribution in [3.05, 3.63) is 30.9 Å². The van der Waals surface area contributed by atoms with E-state index in [0.29, 0.717) is 23.7 Å². The van der Waals surface area contributed by atoms with Crippen LogP contribution in [0.5, 0.6) is 5.75 Å². The standard InChI is InChI=1S/C13H15N3O3/c1-2-5-14-7-12(17)15-9-3-4-11-10(6-9)16-13(18)8-19-11/h2-4,6,14H,1,5,7-8H2,(H,15,17)(H,16,18). The van der Waals surface area contributed by atoms with Gasteiger partial charge in [-0.15, -0.1) is 6.58 Å². The molecule has 0 spiro atoms. The van der Waals surface area contributed by atoms with E-state index in [0.717, 1.165) is 0 Å². The fraction of sp³-hybridized carbons (Fsp3) is 0.231. The van der Waals surface area contributed by atoms with Crippen LogP contribution in [0.1, 0.15) is 0 Å². The van der Waals surface area contributed by atoms with Crippen molar-refractivity contribution < 1.29 is 14.3 Å². The first-order chi connectivity index (χ1) is 9.19. The maximum atomic E-state index is 11.6. The molecule has 0 unspecified atom stereocenters. The average molecular weight is 261 g/mol. The molecular formula is C13H15N3O3. The Morgan fingerprint density at radius 3 is 3.16 bits per heavy atom. The summed E-state index contributed by atoms with van der Waals surface area (Å²) in [6, 6.07) is 5.10. The van der Waals surface area contributed by atoms with E-state index >= 15 is 0 Å². The zero-order chi connectivity index (χ0) is 13.7. The van der Waals surface area contributed by atoms with Gasteiger partial charge in [0.1, 0.15) is 5.75 Å². The van der Waals surface area contributed by atoms with E-state index in [-0.39, 0.29) is 25.0 Å². The van der Waals surface area contributed by atoms with Crippen molar-refractivity contribution in [1.29, 1.82) is 0 Å². The number of rotatable bonds is 5. The molecule has 100 valence electrons. The molecule has 1 aliphatic heterocycles. The predicted molar refractivity (Wildman–Crippen MR) is 72.3 cm³/mol. The van der Waals surface area contributed by atoms with Crippen LogP contribution < -0.4 is 20.7 Å². The fourth-order valence-corrected chi connectivity index (χ4v) is 1.65. The van der Waals surface area contributed by atoms with Gasteiger partial charge in [0.05, 0.1) is 12.2 Å². The summed E-state index contributed by atoms with van der Waals surface area (Å²) in [6.07, 6.45) is 1.68. The topological polar surface area (TPSA) is 79.5 Å². The van der Waals surface area contributed by atoms with Crippen molar-refractivity contribution in [3.8, 4) is 5.75 Å². The first-order valence-electron chi connectivity index (χ1n) is 5.87. The molecule has 1 heterocycles. The van der Waals surface area contributed by atoms with Gasteiger partial charge >= 0.3 is 0 Å². The summed E-state index contributed by atoms with van der Waals surface area (Å²) >= 11 is 0. The van der Waals surface area contributed by atoms with Gasteiger partial charge in [-0.2, -0.15) is 0 Å². The third kappa shape index (κ3) is 3.56. The number of nitrogens with one attached hydrogen (secondary N) is 3. The van der Waals surface area contributed by atoms with Crippen LogP contribution in [0.25, 0.3) is 0 Å². The Bertz CT molecular complexity index is 514. The smallest absolute Gasteiger partial charge is 0.262 e. The average Bonchev–Trinajstić information content (AvgIpc) is 2.38. The number of benzene rings is 1. The quantitative estimate of drug-likeness (QED) is 0.539. The van der Waals surface area contributed by atoms with E-state index in [2.05, 4.69) is 22.5 Å². The third-order valence-corrected chi connectivity index (χ3v) is 2.47. The summed E-state index contributed by atoms with van der Waals surface area (Å²) in [4.78, 5) is 22.8. The number of carbonyl (C=O) groups excluding carboxylic acids is 2. The molecule has 0 atom stereocenters. The second kappa shape index (κ2) is 6.01. The van der Waals surface area contributed by atoms with Crippen LogP contribution in [0, 0.1) is 0 Å². The lowest BCUT2D eigenvalue weighted by Crippen LogP contribution is -2.28. The highest BCUT2D eigenvalue weighted by molar-refractivity contribution is 5.97. The minimum atomic E-state index is -0.205. The van der Waals surface area contributed by atoms with E-state index in [1.807, 2.05) is 0 Å². The molecular weight excluding hydrogens is 246 g/mol. The monoisotopic (exact) mass is 261 g/mol. The molecule has 2 rings (SSSR count). The van der Waals surface area contributed by atoms with Gasteiger partial charge in [0, 0.05) is 12.2 Å². The Morgan fingerprint density at radius 2 is 2.37 bits per heavy atom. The van der Waals surface area contributed by atoms with Gasteiger partial charge in [0.25, 0.3) is 5.91 Å². The Kier molecular flexibility index (Phi) is 4.15. The summed E-state index contributed by atoms with van der Waals surface area (Å²) < 4.78 is 5.23. The van der Waals surface area contributed by atoms with Crippen LogP contribution in [0.2, 0.25) is 0 Å². The van der Waals surface area contributed by atoms with E-state index in [1.54, 1.807) is 24.3 Å². The lowest BCUT2D eigenvalue weighted by molar-refractivity contribution is -0.118. The van der Waals surface area contributed by atoms with Gasteiger partial charge < -0.3 is 20.7 Å². The van der Waals surface area contributed by atoms with Crippen LogP contribution in [0.3, 0.4) is 0 Å². The molecule has 0 saturated carbocycles. The van der Waals surface area contributed by atoms with E-state index in [1.165, 1.54) is 0 Å². The second-order valence-corrected chi connectivity index (χ2v) is 4.02. The lowest BCUT2D eigenvalue weighted by atomic mass is 10.2. The van der Waals surface area contributed by atoms with Gasteiger partial charge in [-0.05, 0) is 18.2 Å². The molecule has 0 saturated heterocycles. The number of amides is 2. The number of hydrogen-bond acceptors (Lipinski definition) is 4. The fourth-order valence-electron chi connectivity index (χ4n) is 1.65. The lowest BCUT2D eigenvalue weighted by Gasteiger charge is -2.18. The number of hydrogen-bond donors (Lipinski definition) is 3. The molecule has 0 radical (unpaired) electrons. The number of anilines is 2. The first-order valence-corrected chi connectivity index (χ1v) is 5.87. The molecule has 2 amide bonds. The Balaban J connectivity index is 1.97. The number of carbonyl (C=O) groups is 2. The van der Waals surface area contributed by atoms with Crippen LogP contribution >= 0.6 is 0 Å². The van der Waals surface area contributed by atoms with Crippen molar-refractivity contribution in [2.45, 2.75) is 0 Å². The maximum Gasteiger partial charge on any atom is 0.262 e. The van der Waals surface area contributed by atoms with E-state index in [4.69, 9.17) is 4.74 Å². The van der Waals surface area contributed by atoms with Crippen LogP contribution in [-0.2, 0) is 9.59 Å². The van der Waals surface area contributed by atoms with Gasteiger partial charge in [-0.3, -0.25) is 9.59 Å². The summed E-state index contributed by atoms with van der Waals surface area (Å²) in [6.45, 7) is 4.34. The normalized spacial score (nSPS) is 12.9. The summed E-state index contributed by atoms with van der Waals surface area (Å²) in [5.41, 5.74) is 1.17. The zero-order valence-electron chi connectivity index (χ0n) is 10.4. The summed E-state index contributed by atoms with van der Waals surface area (Å²) in [5, 5.41) is 8.30. The van der Waals surface area contributed by atoms with Crippen molar-refractivity contribution in [3.63, 3.8) is 0 Å². The molecule has 6 nitrogen and oxygen atoms in total. The molecule has 0 fully saturated rings. The molecule has 19 heavy (non-hydrogen) atoms. The van der Waals surface area contributed by atoms with Crippen molar-refractivity contribution in [2.75, 3.05) is 30.3 Å². The third-order valence-electron chi connectivity index (χ3n) is 2.47. The zero-order valence-corrected chi connectivity index (χ0v) is 10.4. The van der Waals surface area contributed by atoms with Crippen molar-refractivity contribution in [2.24, 2.45) is 0 Å². The van der Waals surface area contributed by atoms with Crippen LogP contribution in [-0.4, -0.2) is 31.5 Å². The number of fused-ring (bicyclic) bond motifs is 1. The highest BCUT2D eigenvalue weighted by Crippen LogP contribution is 2.30. The molecule has 0 aliphatic carbocycles. The van der Waals surface area contributed by atoms with Crippen LogP contribution in [0.15, 0.2) is 30.9 Å². The minimum Gasteiger partial charge on any atom is -0.482 e. The van der Waals surface area contributed by atoms with Gasteiger partial charge in [0.15, 0.2) is 6.61 Å². The van der Waals surface area contributed by atoms with Crippen molar-refractivity contribution in [1.82, 2.24) is 5.32 Å². The molecule has 6 heteroatoms. The predicted octanol–water partition coefficient (Wildman–Crippen LogP) is 0.732. The van der Waals surface area contributed by atoms with E-state index in [9.17, 15) is 9.59 Å². The Morgan fingerprint density at radius 1 is 1.53 bits per heavy atom. The van der Waals surface area contributed by atoms with Crippen molar-refractivity contribution >= 4 is 23.2 Å². The van der Waals surface area contributed by atoms with Gasteiger partial charge in [-0.25, -0.2) is 0 Å². The molecule has 1 aliphatic rings. The molecule has 0 bridgehead atoms. The van der Waals surface area contributed by atoms with Gasteiger partial charge in [-0.1, -0.05) is 6.08 Å². The molecule has 3 N–H and O–H groups in total. The number of ether oxygens (including phenoxy) is 1. The maximum absolute atomic E-state index is 11.6. The molecule has 1 aromatic rings. The second-order valence-electron chi connectivity index (χ2n) is 4.02. The largest absolute Gasteiger partial charge is 0.482 e. The molecule has 0 aromatic heterocycles. The highest BCUT2D eigenvalue weighted by Gasteiger charge is 2.16.